The van der Waals surface area contributed by atoms with E-state index < -0.39 is 10.9 Å². The van der Waals surface area contributed by atoms with Gasteiger partial charge in [-0.05, 0) is 37.3 Å². The van der Waals surface area contributed by atoms with Gasteiger partial charge in [0, 0.05) is 35.0 Å². The van der Waals surface area contributed by atoms with Crippen molar-refractivity contribution in [2.45, 2.75) is 6.92 Å². The summed E-state index contributed by atoms with van der Waals surface area (Å²) >= 11 is 0. The second-order valence-electron chi connectivity index (χ2n) is 5.30. The minimum absolute atomic E-state index is 0.0626. The molecule has 3 aromatic rings. The molecule has 0 atom stereocenters. The number of rotatable bonds is 5. The topological polar surface area (TPSA) is 91.4 Å². The highest BCUT2D eigenvalue weighted by Gasteiger charge is 2.15. The SMILES string of the molecule is CCOC(=O)c1ccc(-n2cc(C=O)c3ccc([N+](=O)[O-])cc32)cc1. The Labute approximate surface area is 142 Å². The lowest BCUT2D eigenvalue weighted by molar-refractivity contribution is -0.384. The summed E-state index contributed by atoms with van der Waals surface area (Å²) in [5.41, 5.74) is 1.99. The molecule has 0 aliphatic carbocycles. The molecule has 0 N–H and O–H groups in total. The van der Waals surface area contributed by atoms with E-state index >= 15 is 0 Å². The normalized spacial score (nSPS) is 10.6. The predicted octanol–water partition coefficient (Wildman–Crippen LogP) is 3.53. The minimum atomic E-state index is -0.485. The monoisotopic (exact) mass is 338 g/mol. The van der Waals surface area contributed by atoms with Crippen LogP contribution in [0.5, 0.6) is 0 Å². The van der Waals surface area contributed by atoms with E-state index in [4.69, 9.17) is 4.74 Å². The maximum Gasteiger partial charge on any atom is 0.338 e. The van der Waals surface area contributed by atoms with Crippen LogP contribution < -0.4 is 0 Å². The second kappa shape index (κ2) is 6.56. The second-order valence-corrected chi connectivity index (χ2v) is 5.30. The molecule has 0 aliphatic heterocycles. The van der Waals surface area contributed by atoms with E-state index in [2.05, 4.69) is 0 Å². The number of aromatic nitrogens is 1. The van der Waals surface area contributed by atoms with Crippen LogP contribution in [0.4, 0.5) is 5.69 Å². The third-order valence-corrected chi connectivity index (χ3v) is 3.81. The summed E-state index contributed by atoms with van der Waals surface area (Å²) in [5.74, 6) is -0.421. The van der Waals surface area contributed by atoms with Gasteiger partial charge in [0.1, 0.15) is 0 Å². The number of nitro groups is 1. The van der Waals surface area contributed by atoms with E-state index in [1.165, 1.54) is 12.1 Å². The zero-order valence-electron chi connectivity index (χ0n) is 13.3. The van der Waals surface area contributed by atoms with Crippen molar-refractivity contribution in [1.29, 1.82) is 0 Å². The quantitative estimate of drug-likeness (QED) is 0.307. The van der Waals surface area contributed by atoms with E-state index in [1.807, 2.05) is 0 Å². The van der Waals surface area contributed by atoms with Gasteiger partial charge in [0.05, 0.1) is 22.6 Å². The maximum atomic E-state index is 11.7. The number of carbonyl (C=O) groups excluding carboxylic acids is 2. The third kappa shape index (κ3) is 2.99. The summed E-state index contributed by atoms with van der Waals surface area (Å²) in [5, 5.41) is 11.6. The average Bonchev–Trinajstić information content (AvgIpc) is 3.00. The molecular formula is C18H14N2O5. The molecule has 0 amide bonds. The minimum Gasteiger partial charge on any atom is -0.462 e. The molecule has 0 aliphatic rings. The van der Waals surface area contributed by atoms with E-state index in [0.29, 0.717) is 34.0 Å². The molecule has 7 heteroatoms. The Morgan fingerprint density at radius 3 is 2.56 bits per heavy atom. The van der Waals surface area contributed by atoms with Gasteiger partial charge >= 0.3 is 5.97 Å². The van der Waals surface area contributed by atoms with Gasteiger partial charge in [-0.3, -0.25) is 14.9 Å². The van der Waals surface area contributed by atoms with Gasteiger partial charge in [-0.25, -0.2) is 4.79 Å². The molecular weight excluding hydrogens is 324 g/mol. The first-order chi connectivity index (χ1) is 12.0. The number of nitrogens with zero attached hydrogens (tertiary/aromatic N) is 2. The lowest BCUT2D eigenvalue weighted by atomic mass is 10.1. The fourth-order valence-electron chi connectivity index (χ4n) is 2.64. The van der Waals surface area contributed by atoms with Gasteiger partial charge < -0.3 is 9.30 Å². The molecule has 0 saturated carbocycles. The largest absolute Gasteiger partial charge is 0.462 e. The van der Waals surface area contributed by atoms with Gasteiger partial charge in [-0.2, -0.15) is 0 Å². The summed E-state index contributed by atoms with van der Waals surface area (Å²) in [6.07, 6.45) is 2.32. The highest BCUT2D eigenvalue weighted by molar-refractivity contribution is 5.99. The Hall–Kier alpha value is -3.48. The number of non-ortho nitro benzene ring substituents is 1. The first-order valence-electron chi connectivity index (χ1n) is 7.57. The lowest BCUT2D eigenvalue weighted by Gasteiger charge is -2.07. The zero-order valence-corrected chi connectivity index (χ0v) is 13.3. The van der Waals surface area contributed by atoms with Crippen LogP contribution in [0.15, 0.2) is 48.7 Å². The zero-order chi connectivity index (χ0) is 18.0. The van der Waals surface area contributed by atoms with Crippen molar-refractivity contribution >= 4 is 28.8 Å². The number of hydrogen-bond acceptors (Lipinski definition) is 5. The Bertz CT molecular complexity index is 973. The summed E-state index contributed by atoms with van der Waals surface area (Å²) in [6.45, 7) is 2.02. The molecule has 3 rings (SSSR count). The van der Waals surface area contributed by atoms with E-state index in [-0.39, 0.29) is 12.3 Å². The highest BCUT2D eigenvalue weighted by atomic mass is 16.6. The van der Waals surface area contributed by atoms with E-state index in [9.17, 15) is 19.7 Å². The van der Waals surface area contributed by atoms with Crippen molar-refractivity contribution < 1.29 is 19.2 Å². The molecule has 1 aromatic heterocycles. The third-order valence-electron chi connectivity index (χ3n) is 3.81. The van der Waals surface area contributed by atoms with Crippen molar-refractivity contribution in [2.75, 3.05) is 6.61 Å². The van der Waals surface area contributed by atoms with E-state index in [1.54, 1.807) is 48.0 Å². The predicted molar refractivity (Wildman–Crippen MR) is 91.3 cm³/mol. The highest BCUT2D eigenvalue weighted by Crippen LogP contribution is 2.28. The Balaban J connectivity index is 2.11. The Kier molecular flexibility index (Phi) is 4.30. The molecule has 0 spiro atoms. The van der Waals surface area contributed by atoms with Crippen LogP contribution in [-0.4, -0.2) is 28.4 Å². The number of ether oxygens (including phenoxy) is 1. The molecule has 25 heavy (non-hydrogen) atoms. The number of benzene rings is 2. The first-order valence-corrected chi connectivity index (χ1v) is 7.57. The summed E-state index contributed by atoms with van der Waals surface area (Å²) in [6, 6.07) is 10.9. The van der Waals surface area contributed by atoms with Crippen LogP contribution >= 0.6 is 0 Å². The molecule has 0 unspecified atom stereocenters. The van der Waals surface area contributed by atoms with Crippen LogP contribution in [0.25, 0.3) is 16.6 Å². The van der Waals surface area contributed by atoms with Gasteiger partial charge in [-0.15, -0.1) is 0 Å². The van der Waals surface area contributed by atoms with Crippen LogP contribution in [0.2, 0.25) is 0 Å². The molecule has 0 bridgehead atoms. The molecule has 7 nitrogen and oxygen atoms in total. The number of nitro benzene ring substituents is 1. The molecule has 2 aromatic carbocycles. The van der Waals surface area contributed by atoms with Crippen LogP contribution in [0, 0.1) is 10.1 Å². The number of carbonyl (C=O) groups is 2. The fourth-order valence-corrected chi connectivity index (χ4v) is 2.64. The van der Waals surface area contributed by atoms with E-state index in [0.717, 1.165) is 0 Å². The standard InChI is InChI=1S/C18H14N2O5/c1-2-25-18(22)12-3-5-14(6-4-12)19-10-13(11-21)16-8-7-15(20(23)24)9-17(16)19/h3-11H,2H2,1H3. The molecule has 126 valence electrons. The number of hydrogen-bond donors (Lipinski definition) is 0. The Morgan fingerprint density at radius 1 is 1.24 bits per heavy atom. The Morgan fingerprint density at radius 2 is 1.96 bits per heavy atom. The van der Waals surface area contributed by atoms with Crippen molar-refractivity contribution in [3.05, 3.63) is 69.9 Å². The van der Waals surface area contributed by atoms with Gasteiger partial charge in [0.2, 0.25) is 0 Å². The molecule has 0 radical (unpaired) electrons. The van der Waals surface area contributed by atoms with Gasteiger partial charge in [0.15, 0.2) is 6.29 Å². The summed E-state index contributed by atoms with van der Waals surface area (Å²) < 4.78 is 6.62. The lowest BCUT2D eigenvalue weighted by Crippen LogP contribution is -2.04. The van der Waals surface area contributed by atoms with Crippen molar-refractivity contribution in [3.63, 3.8) is 0 Å². The van der Waals surface area contributed by atoms with Gasteiger partial charge in [0.25, 0.3) is 5.69 Å². The molecule has 1 heterocycles. The number of esters is 1. The van der Waals surface area contributed by atoms with Crippen LogP contribution in [0.3, 0.4) is 0 Å². The number of fused-ring (bicyclic) bond motifs is 1. The van der Waals surface area contributed by atoms with Crippen molar-refractivity contribution in [2.24, 2.45) is 0 Å². The van der Waals surface area contributed by atoms with Crippen LogP contribution in [0.1, 0.15) is 27.6 Å². The van der Waals surface area contributed by atoms with Crippen molar-refractivity contribution in [1.82, 2.24) is 4.57 Å². The number of aldehydes is 1. The first kappa shape index (κ1) is 16.4. The molecule has 0 saturated heterocycles. The van der Waals surface area contributed by atoms with Gasteiger partial charge in [-0.1, -0.05) is 0 Å². The molecule has 0 fully saturated rings. The van der Waals surface area contributed by atoms with Crippen LogP contribution in [-0.2, 0) is 4.74 Å². The fraction of sp³-hybridized carbons (Fsp3) is 0.111. The summed E-state index contributed by atoms with van der Waals surface area (Å²) in [7, 11) is 0. The maximum absolute atomic E-state index is 11.7. The summed E-state index contributed by atoms with van der Waals surface area (Å²) in [4.78, 5) is 33.6. The smallest absolute Gasteiger partial charge is 0.338 e. The van der Waals surface area contributed by atoms with Crippen molar-refractivity contribution in [3.8, 4) is 5.69 Å². The average molecular weight is 338 g/mol.